The summed E-state index contributed by atoms with van der Waals surface area (Å²) in [5, 5.41) is 2.90. The lowest BCUT2D eigenvalue weighted by atomic mass is 10.2. The second-order valence-corrected chi connectivity index (χ2v) is 6.44. The molecule has 2 aromatic heterocycles. The number of hydrogen-bond acceptors (Lipinski definition) is 5. The Morgan fingerprint density at radius 2 is 2.08 bits per heavy atom. The molecule has 1 aliphatic rings. The van der Waals surface area contributed by atoms with E-state index in [1.165, 1.54) is 0 Å². The number of pyridine rings is 1. The van der Waals surface area contributed by atoms with E-state index in [1.807, 2.05) is 22.9 Å². The van der Waals surface area contributed by atoms with E-state index in [1.54, 1.807) is 12.4 Å². The van der Waals surface area contributed by atoms with Gasteiger partial charge in [-0.1, -0.05) is 13.8 Å². The Morgan fingerprint density at radius 3 is 2.76 bits per heavy atom. The van der Waals surface area contributed by atoms with Crippen molar-refractivity contribution in [3.8, 4) is 0 Å². The van der Waals surface area contributed by atoms with Gasteiger partial charge in [-0.05, 0) is 12.1 Å². The average Bonchev–Trinajstić information content (AvgIpc) is 3.10. The Labute approximate surface area is 148 Å². The quantitative estimate of drug-likeness (QED) is 0.871. The van der Waals surface area contributed by atoms with E-state index >= 15 is 0 Å². The lowest BCUT2D eigenvalue weighted by Crippen LogP contribution is -2.36. The van der Waals surface area contributed by atoms with Gasteiger partial charge in [-0.2, -0.15) is 0 Å². The molecule has 0 aromatic carbocycles. The van der Waals surface area contributed by atoms with E-state index in [2.05, 4.69) is 34.0 Å². The van der Waals surface area contributed by atoms with Crippen LogP contribution in [0.2, 0.25) is 0 Å². The summed E-state index contributed by atoms with van der Waals surface area (Å²) >= 11 is 0. The fraction of sp³-hybridized carbons (Fsp3) is 0.500. The highest BCUT2D eigenvalue weighted by Crippen LogP contribution is 2.16. The first kappa shape index (κ1) is 17.4. The monoisotopic (exact) mass is 343 g/mol. The Hall–Kier alpha value is -2.41. The summed E-state index contributed by atoms with van der Waals surface area (Å²) in [6.45, 7) is 7.98. The summed E-state index contributed by atoms with van der Waals surface area (Å²) in [5.41, 5.74) is 0.719. The zero-order valence-electron chi connectivity index (χ0n) is 14.8. The maximum Gasteiger partial charge on any atom is 0.226 e. The van der Waals surface area contributed by atoms with Crippen molar-refractivity contribution in [2.45, 2.75) is 32.7 Å². The number of hydrogen-bond donors (Lipinski definition) is 1. The van der Waals surface area contributed by atoms with Gasteiger partial charge in [0.1, 0.15) is 11.6 Å². The van der Waals surface area contributed by atoms with Crippen LogP contribution in [-0.4, -0.2) is 46.7 Å². The Bertz CT molecular complexity index is 690. The molecule has 2 aromatic rings. The average molecular weight is 343 g/mol. The van der Waals surface area contributed by atoms with Crippen molar-refractivity contribution in [3.63, 3.8) is 0 Å². The predicted molar refractivity (Wildman–Crippen MR) is 96.8 cm³/mol. The standard InChI is InChI=1S/C18H25N5O2/c1-14(2)18-19-6-8-23(18)7-5-17(24)21-15-3-4-16(20-13-15)22-9-11-25-12-10-22/h3-4,6,8,13-14H,5,7,9-12H2,1-2H3,(H,21,24). The molecule has 0 radical (unpaired) electrons. The second-order valence-electron chi connectivity index (χ2n) is 6.44. The van der Waals surface area contributed by atoms with Gasteiger partial charge < -0.3 is 19.5 Å². The van der Waals surface area contributed by atoms with Crippen LogP contribution in [0.4, 0.5) is 11.5 Å². The van der Waals surface area contributed by atoms with E-state index < -0.39 is 0 Å². The summed E-state index contributed by atoms with van der Waals surface area (Å²) in [4.78, 5) is 23.1. The summed E-state index contributed by atoms with van der Waals surface area (Å²) in [6, 6.07) is 3.83. The Morgan fingerprint density at radius 1 is 1.28 bits per heavy atom. The minimum absolute atomic E-state index is 0.0238. The van der Waals surface area contributed by atoms with Gasteiger partial charge in [-0.25, -0.2) is 9.97 Å². The number of aromatic nitrogens is 3. The molecule has 0 saturated carbocycles. The van der Waals surface area contributed by atoms with Gasteiger partial charge in [0, 0.05) is 44.4 Å². The van der Waals surface area contributed by atoms with E-state index in [0.717, 1.165) is 43.6 Å². The van der Waals surface area contributed by atoms with Crippen molar-refractivity contribution >= 4 is 17.4 Å². The number of nitrogens with zero attached hydrogens (tertiary/aromatic N) is 4. The number of amides is 1. The van der Waals surface area contributed by atoms with Crippen LogP contribution in [0.1, 0.15) is 32.0 Å². The van der Waals surface area contributed by atoms with Gasteiger partial charge in [-0.15, -0.1) is 0 Å². The number of imidazole rings is 1. The molecule has 1 fully saturated rings. The summed E-state index contributed by atoms with van der Waals surface area (Å²) in [6.07, 6.45) is 5.81. The number of rotatable bonds is 6. The molecule has 0 atom stereocenters. The third kappa shape index (κ3) is 4.57. The van der Waals surface area contributed by atoms with Gasteiger partial charge in [0.05, 0.1) is 25.1 Å². The van der Waals surface area contributed by atoms with Crippen LogP contribution in [0.25, 0.3) is 0 Å². The highest BCUT2D eigenvalue weighted by atomic mass is 16.5. The smallest absolute Gasteiger partial charge is 0.226 e. The number of carbonyl (C=O) groups is 1. The molecule has 0 spiro atoms. The molecule has 7 heteroatoms. The number of anilines is 2. The largest absolute Gasteiger partial charge is 0.378 e. The van der Waals surface area contributed by atoms with Gasteiger partial charge in [-0.3, -0.25) is 4.79 Å². The Balaban J connectivity index is 1.51. The molecular formula is C18H25N5O2. The highest BCUT2D eigenvalue weighted by molar-refractivity contribution is 5.90. The molecule has 1 aliphatic heterocycles. The molecule has 1 N–H and O–H groups in total. The first-order valence-corrected chi connectivity index (χ1v) is 8.73. The SMILES string of the molecule is CC(C)c1nccn1CCC(=O)Nc1ccc(N2CCOCC2)nc1. The van der Waals surface area contributed by atoms with Crippen molar-refractivity contribution in [2.75, 3.05) is 36.5 Å². The van der Waals surface area contributed by atoms with Crippen LogP contribution in [0.15, 0.2) is 30.7 Å². The normalized spacial score (nSPS) is 14.8. The molecule has 3 heterocycles. The maximum atomic E-state index is 12.2. The van der Waals surface area contributed by atoms with E-state index in [9.17, 15) is 4.79 Å². The fourth-order valence-electron chi connectivity index (χ4n) is 2.90. The lowest BCUT2D eigenvalue weighted by molar-refractivity contribution is -0.116. The third-order valence-corrected chi connectivity index (χ3v) is 4.21. The first-order chi connectivity index (χ1) is 12.1. The predicted octanol–water partition coefficient (Wildman–Crippen LogP) is 2.27. The molecule has 0 aliphatic carbocycles. The number of aryl methyl sites for hydroxylation is 1. The minimum Gasteiger partial charge on any atom is -0.378 e. The number of carbonyl (C=O) groups excluding carboxylic acids is 1. The van der Waals surface area contributed by atoms with E-state index in [-0.39, 0.29) is 5.91 Å². The second kappa shape index (κ2) is 8.11. The van der Waals surface area contributed by atoms with Crippen LogP contribution in [0.5, 0.6) is 0 Å². The number of nitrogens with one attached hydrogen (secondary N) is 1. The van der Waals surface area contributed by atoms with Crippen LogP contribution < -0.4 is 10.2 Å². The minimum atomic E-state index is -0.0238. The number of morpholine rings is 1. The van der Waals surface area contributed by atoms with Gasteiger partial charge in [0.15, 0.2) is 0 Å². The zero-order valence-corrected chi connectivity index (χ0v) is 14.8. The van der Waals surface area contributed by atoms with Gasteiger partial charge >= 0.3 is 0 Å². The molecule has 0 unspecified atom stereocenters. The molecule has 134 valence electrons. The third-order valence-electron chi connectivity index (χ3n) is 4.21. The zero-order chi connectivity index (χ0) is 17.6. The van der Waals surface area contributed by atoms with Crippen molar-refractivity contribution in [1.82, 2.24) is 14.5 Å². The van der Waals surface area contributed by atoms with Crippen LogP contribution in [0.3, 0.4) is 0 Å². The maximum absolute atomic E-state index is 12.2. The van der Waals surface area contributed by atoms with Crippen LogP contribution in [-0.2, 0) is 16.1 Å². The summed E-state index contributed by atoms with van der Waals surface area (Å²) in [5.74, 6) is 2.24. The summed E-state index contributed by atoms with van der Waals surface area (Å²) in [7, 11) is 0. The van der Waals surface area contributed by atoms with Crippen molar-refractivity contribution in [2.24, 2.45) is 0 Å². The van der Waals surface area contributed by atoms with E-state index in [4.69, 9.17) is 4.74 Å². The topological polar surface area (TPSA) is 72.3 Å². The fourth-order valence-corrected chi connectivity index (χ4v) is 2.90. The van der Waals surface area contributed by atoms with Crippen LogP contribution in [0, 0.1) is 0 Å². The lowest BCUT2D eigenvalue weighted by Gasteiger charge is -2.27. The Kier molecular flexibility index (Phi) is 5.65. The number of ether oxygens (including phenoxy) is 1. The van der Waals surface area contributed by atoms with Crippen molar-refractivity contribution in [3.05, 3.63) is 36.5 Å². The van der Waals surface area contributed by atoms with Crippen molar-refractivity contribution in [1.29, 1.82) is 0 Å². The van der Waals surface area contributed by atoms with Gasteiger partial charge in [0.25, 0.3) is 0 Å². The highest BCUT2D eigenvalue weighted by Gasteiger charge is 2.13. The molecular weight excluding hydrogens is 318 g/mol. The summed E-state index contributed by atoms with van der Waals surface area (Å²) < 4.78 is 7.38. The first-order valence-electron chi connectivity index (χ1n) is 8.73. The molecule has 25 heavy (non-hydrogen) atoms. The van der Waals surface area contributed by atoms with Crippen LogP contribution >= 0.6 is 0 Å². The van der Waals surface area contributed by atoms with E-state index in [0.29, 0.717) is 18.9 Å². The molecule has 7 nitrogen and oxygen atoms in total. The molecule has 3 rings (SSSR count). The molecule has 0 bridgehead atoms. The molecule has 1 saturated heterocycles. The molecule has 1 amide bonds. The van der Waals surface area contributed by atoms with Crippen molar-refractivity contribution < 1.29 is 9.53 Å². The van der Waals surface area contributed by atoms with Gasteiger partial charge in [0.2, 0.25) is 5.91 Å².